The van der Waals surface area contributed by atoms with Gasteiger partial charge in [0.25, 0.3) is 7.82 Å². The lowest BCUT2D eigenvalue weighted by atomic mass is 10.0. The van der Waals surface area contributed by atoms with Gasteiger partial charge in [-0.05, 0) is 57.8 Å². The van der Waals surface area contributed by atoms with Crippen LogP contribution in [0.2, 0.25) is 0 Å². The third kappa shape index (κ3) is 33.1. The van der Waals surface area contributed by atoms with E-state index in [2.05, 4.69) is 55.6 Å². The number of phosphoric acid groups is 1. The molecular formula is C45H83N2O7P. The number of likely N-dealkylation sites (N-methyl/N-ethyl adjacent to an activating group) is 1. The van der Waals surface area contributed by atoms with Gasteiger partial charge in [-0.25, -0.2) is 0 Å². The summed E-state index contributed by atoms with van der Waals surface area (Å²) in [7, 11) is 1.21. The molecule has 0 radical (unpaired) electrons. The highest BCUT2D eigenvalue weighted by Gasteiger charge is 2.36. The van der Waals surface area contributed by atoms with Crippen molar-refractivity contribution in [3.8, 4) is 0 Å². The van der Waals surface area contributed by atoms with Crippen LogP contribution < -0.4 is 10.2 Å². The van der Waals surface area contributed by atoms with Crippen LogP contribution in [0.15, 0.2) is 48.6 Å². The molecule has 1 saturated heterocycles. The molecule has 1 fully saturated rings. The van der Waals surface area contributed by atoms with Gasteiger partial charge in [0.15, 0.2) is 0 Å². The lowest BCUT2D eigenvalue weighted by Crippen LogP contribution is -2.45. The van der Waals surface area contributed by atoms with E-state index < -0.39 is 26.6 Å². The summed E-state index contributed by atoms with van der Waals surface area (Å²) >= 11 is 0. The third-order valence-electron chi connectivity index (χ3n) is 9.94. The first-order valence-corrected chi connectivity index (χ1v) is 23.6. The zero-order valence-electron chi connectivity index (χ0n) is 35.8. The first-order chi connectivity index (χ1) is 26.5. The summed E-state index contributed by atoms with van der Waals surface area (Å²) in [6, 6.07) is -0.919. The second kappa shape index (κ2) is 33.4. The SMILES string of the molecule is CCCCC/C=C\CC1OC1C/C=C\C/C=C\CCCC(=O)N[C@@H](COP(=O)([O-])OCC[N+](C)(C)C)[C@H](O)/C=C/CCCCCCCCCCCCCCC. The van der Waals surface area contributed by atoms with Gasteiger partial charge < -0.3 is 33.6 Å². The Hall–Kier alpha value is -1.58. The minimum atomic E-state index is -4.61. The number of carbonyl (C=O) groups excluding carboxylic acids is 1. The number of amides is 1. The van der Waals surface area contributed by atoms with E-state index in [9.17, 15) is 19.4 Å². The Morgan fingerprint density at radius 2 is 1.22 bits per heavy atom. The lowest BCUT2D eigenvalue weighted by Gasteiger charge is -2.29. The molecule has 10 heteroatoms. The number of epoxide rings is 1. The molecule has 1 rings (SSSR count). The molecular weight excluding hydrogens is 711 g/mol. The minimum absolute atomic E-state index is 0.0152. The number of nitrogens with zero attached hydrogens (tertiary/aromatic N) is 1. The number of ether oxygens (including phenoxy) is 1. The Morgan fingerprint density at radius 1 is 0.727 bits per heavy atom. The average Bonchev–Trinajstić information content (AvgIpc) is 3.89. The van der Waals surface area contributed by atoms with Crippen LogP contribution in [0.1, 0.15) is 168 Å². The second-order valence-electron chi connectivity index (χ2n) is 16.4. The Bertz CT molecular complexity index is 1100. The fourth-order valence-corrected chi connectivity index (χ4v) is 6.97. The van der Waals surface area contributed by atoms with Crippen molar-refractivity contribution in [1.29, 1.82) is 0 Å². The van der Waals surface area contributed by atoms with Crippen molar-refractivity contribution in [2.24, 2.45) is 0 Å². The number of carbonyl (C=O) groups is 1. The van der Waals surface area contributed by atoms with Crippen LogP contribution >= 0.6 is 7.82 Å². The fourth-order valence-electron chi connectivity index (χ4n) is 6.24. The number of aliphatic hydroxyl groups excluding tert-OH is 1. The van der Waals surface area contributed by atoms with Crippen molar-refractivity contribution in [3.05, 3.63) is 48.6 Å². The van der Waals surface area contributed by atoms with E-state index in [-0.39, 0.29) is 18.9 Å². The molecule has 0 aliphatic carbocycles. The van der Waals surface area contributed by atoms with Gasteiger partial charge in [0.05, 0.1) is 52.1 Å². The Balaban J connectivity index is 2.38. The zero-order chi connectivity index (χ0) is 40.5. The summed E-state index contributed by atoms with van der Waals surface area (Å²) in [5.41, 5.74) is 0. The topological polar surface area (TPSA) is 120 Å². The molecule has 1 amide bonds. The van der Waals surface area contributed by atoms with Crippen LogP contribution in [-0.4, -0.2) is 80.8 Å². The maximum absolute atomic E-state index is 12.8. The van der Waals surface area contributed by atoms with Gasteiger partial charge >= 0.3 is 0 Å². The number of unbranched alkanes of at least 4 members (excludes halogenated alkanes) is 17. The van der Waals surface area contributed by atoms with E-state index in [0.29, 0.717) is 29.7 Å². The second-order valence-corrected chi connectivity index (χ2v) is 17.8. The number of hydrogen-bond donors (Lipinski definition) is 2. The smallest absolute Gasteiger partial charge is 0.268 e. The highest BCUT2D eigenvalue weighted by molar-refractivity contribution is 7.45. The number of aliphatic hydroxyl groups is 1. The molecule has 0 bridgehead atoms. The maximum Gasteiger partial charge on any atom is 0.268 e. The van der Waals surface area contributed by atoms with Gasteiger partial charge in [-0.3, -0.25) is 9.36 Å². The van der Waals surface area contributed by atoms with E-state index in [0.717, 1.165) is 51.4 Å². The summed E-state index contributed by atoms with van der Waals surface area (Å²) in [4.78, 5) is 25.3. The minimum Gasteiger partial charge on any atom is -0.756 e. The van der Waals surface area contributed by atoms with E-state index in [1.165, 1.54) is 89.9 Å². The van der Waals surface area contributed by atoms with E-state index in [1.54, 1.807) is 6.08 Å². The van der Waals surface area contributed by atoms with Gasteiger partial charge in [-0.15, -0.1) is 0 Å². The van der Waals surface area contributed by atoms with Gasteiger partial charge in [0.2, 0.25) is 5.91 Å². The summed E-state index contributed by atoms with van der Waals surface area (Å²) in [6.07, 6.45) is 43.3. The number of phosphoric ester groups is 1. The van der Waals surface area contributed by atoms with E-state index >= 15 is 0 Å². The molecule has 0 spiro atoms. The quantitative estimate of drug-likeness (QED) is 0.0210. The molecule has 2 N–H and O–H groups in total. The monoisotopic (exact) mass is 795 g/mol. The predicted molar refractivity (Wildman–Crippen MR) is 228 cm³/mol. The molecule has 1 aliphatic rings. The normalized spacial score (nSPS) is 18.5. The van der Waals surface area contributed by atoms with Crippen LogP contribution in [0.3, 0.4) is 0 Å². The van der Waals surface area contributed by atoms with Crippen LogP contribution in [0.4, 0.5) is 0 Å². The van der Waals surface area contributed by atoms with Crippen LogP contribution in [-0.2, 0) is 23.1 Å². The number of hydrogen-bond acceptors (Lipinski definition) is 7. The molecule has 3 unspecified atom stereocenters. The van der Waals surface area contributed by atoms with Crippen molar-refractivity contribution >= 4 is 13.7 Å². The van der Waals surface area contributed by atoms with Crippen molar-refractivity contribution in [3.63, 3.8) is 0 Å². The van der Waals surface area contributed by atoms with Gasteiger partial charge in [0.1, 0.15) is 13.2 Å². The standard InChI is InChI=1S/C45H83N2O7P/c1-6-8-10-12-14-15-16-17-18-19-20-21-23-26-30-34-42(48)41(40-53-55(50,51)52-39-38-47(3,4)5)46-45(49)37-33-29-25-22-24-28-32-36-44-43(54-44)35-31-27-13-11-9-7-2/h22,25,27-28,30-32,34,41-44,48H,6-21,23-24,26,29,33,35-40H2,1-5H3,(H-,46,49,50,51)/b25-22-,31-27-,32-28-,34-30+/t41-,42+,43?,44?/m0/s1. The first-order valence-electron chi connectivity index (χ1n) is 22.1. The fraction of sp³-hybridized carbons (Fsp3) is 0.800. The average molecular weight is 795 g/mol. The highest BCUT2D eigenvalue weighted by atomic mass is 31.2. The molecule has 0 aromatic heterocycles. The van der Waals surface area contributed by atoms with Gasteiger partial charge in [0, 0.05) is 6.42 Å². The number of allylic oxidation sites excluding steroid dienone is 5. The molecule has 9 nitrogen and oxygen atoms in total. The van der Waals surface area contributed by atoms with Crippen molar-refractivity contribution in [2.45, 2.75) is 192 Å². The van der Waals surface area contributed by atoms with Crippen LogP contribution in [0.25, 0.3) is 0 Å². The molecule has 5 atom stereocenters. The third-order valence-corrected chi connectivity index (χ3v) is 10.9. The van der Waals surface area contributed by atoms with Crippen molar-refractivity contribution in [1.82, 2.24) is 5.32 Å². The van der Waals surface area contributed by atoms with E-state index in [1.807, 2.05) is 27.2 Å². The molecule has 55 heavy (non-hydrogen) atoms. The first kappa shape index (κ1) is 51.4. The van der Waals surface area contributed by atoms with Gasteiger partial charge in [-0.2, -0.15) is 0 Å². The van der Waals surface area contributed by atoms with Crippen LogP contribution in [0, 0.1) is 0 Å². The molecule has 0 aromatic carbocycles. The van der Waals surface area contributed by atoms with Crippen molar-refractivity contribution in [2.75, 3.05) is 40.9 Å². The molecule has 1 heterocycles. The summed E-state index contributed by atoms with van der Waals surface area (Å²) in [5.74, 6) is -0.257. The number of quaternary nitrogens is 1. The lowest BCUT2D eigenvalue weighted by molar-refractivity contribution is -0.870. The molecule has 0 aromatic rings. The van der Waals surface area contributed by atoms with Crippen LogP contribution in [0.5, 0.6) is 0 Å². The largest absolute Gasteiger partial charge is 0.756 e. The zero-order valence-corrected chi connectivity index (χ0v) is 36.7. The highest BCUT2D eigenvalue weighted by Crippen LogP contribution is 2.38. The predicted octanol–water partition coefficient (Wildman–Crippen LogP) is 10.4. The Kier molecular flexibility index (Phi) is 31.2. The number of rotatable bonds is 38. The van der Waals surface area contributed by atoms with E-state index in [4.69, 9.17) is 13.8 Å². The van der Waals surface area contributed by atoms with Crippen molar-refractivity contribution < 1.29 is 37.6 Å². The van der Waals surface area contributed by atoms with Gasteiger partial charge in [-0.1, -0.05) is 152 Å². The Morgan fingerprint density at radius 3 is 1.84 bits per heavy atom. The maximum atomic E-state index is 12.8. The summed E-state index contributed by atoms with van der Waals surface area (Å²) < 4.78 is 28.9. The molecule has 320 valence electrons. The molecule has 0 saturated carbocycles. The number of nitrogens with one attached hydrogen (secondary N) is 1. The summed E-state index contributed by atoms with van der Waals surface area (Å²) in [5, 5.41) is 13.7. The Labute approximate surface area is 337 Å². The summed E-state index contributed by atoms with van der Waals surface area (Å²) in [6.45, 7) is 4.55. The molecule has 1 aliphatic heterocycles.